The Balaban J connectivity index is 1.57. The van der Waals surface area contributed by atoms with E-state index in [4.69, 9.17) is 4.74 Å². The number of carbonyl (C=O) groups excluding carboxylic acids is 1. The van der Waals surface area contributed by atoms with Crippen LogP contribution in [0.15, 0.2) is 24.3 Å². The van der Waals surface area contributed by atoms with Gasteiger partial charge < -0.3 is 4.74 Å². The number of Topliss-reactive ketones (excluding diaryl/α,β-unsaturated/α-hetero) is 1. The van der Waals surface area contributed by atoms with Gasteiger partial charge >= 0.3 is 0 Å². The van der Waals surface area contributed by atoms with Crippen LogP contribution in [0.25, 0.3) is 0 Å². The highest BCUT2D eigenvalue weighted by molar-refractivity contribution is 5.81. The molecule has 0 spiro atoms. The Morgan fingerprint density at radius 1 is 1.22 bits per heavy atom. The van der Waals surface area contributed by atoms with Crippen molar-refractivity contribution in [3.05, 3.63) is 29.8 Å². The Morgan fingerprint density at radius 2 is 2.00 bits per heavy atom. The normalized spacial score (nSPS) is 22.8. The van der Waals surface area contributed by atoms with Gasteiger partial charge in [0.05, 0.1) is 6.61 Å². The summed E-state index contributed by atoms with van der Waals surface area (Å²) in [6, 6.07) is 8.21. The van der Waals surface area contributed by atoms with Crippen molar-refractivity contribution < 1.29 is 9.53 Å². The Morgan fingerprint density at radius 3 is 2.83 bits per heavy atom. The number of carbonyl (C=O) groups is 1. The molecule has 3 rings (SSSR count). The van der Waals surface area contributed by atoms with Gasteiger partial charge in [0, 0.05) is 23.8 Å². The molecule has 1 aromatic carbocycles. The molecule has 1 aliphatic carbocycles. The predicted molar refractivity (Wildman–Crippen MR) is 70.9 cm³/mol. The van der Waals surface area contributed by atoms with Crippen LogP contribution in [0.4, 0.5) is 0 Å². The lowest BCUT2D eigenvalue weighted by atomic mass is 9.91. The van der Waals surface area contributed by atoms with E-state index >= 15 is 0 Å². The van der Waals surface area contributed by atoms with Gasteiger partial charge in [0.25, 0.3) is 0 Å². The minimum Gasteiger partial charge on any atom is -0.493 e. The molecule has 2 aliphatic rings. The minimum atomic E-state index is 0.363. The zero-order valence-corrected chi connectivity index (χ0v) is 10.7. The van der Waals surface area contributed by atoms with Gasteiger partial charge in [-0.2, -0.15) is 0 Å². The summed E-state index contributed by atoms with van der Waals surface area (Å²) in [5, 5.41) is 0. The van der Waals surface area contributed by atoms with Crippen LogP contribution in [-0.4, -0.2) is 12.4 Å². The molecule has 0 N–H and O–H groups in total. The van der Waals surface area contributed by atoms with Gasteiger partial charge in [0.15, 0.2) is 0 Å². The highest BCUT2D eigenvalue weighted by Gasteiger charge is 2.27. The first-order valence-electron chi connectivity index (χ1n) is 7.09. The van der Waals surface area contributed by atoms with Crippen LogP contribution in [0.3, 0.4) is 0 Å². The molecule has 96 valence electrons. The van der Waals surface area contributed by atoms with E-state index < -0.39 is 0 Å². The second kappa shape index (κ2) is 5.13. The van der Waals surface area contributed by atoms with Crippen molar-refractivity contribution in [1.29, 1.82) is 0 Å². The monoisotopic (exact) mass is 244 g/mol. The maximum atomic E-state index is 12.1. The Kier molecular flexibility index (Phi) is 3.35. The topological polar surface area (TPSA) is 26.3 Å². The van der Waals surface area contributed by atoms with Crippen LogP contribution in [0.5, 0.6) is 5.75 Å². The fourth-order valence-corrected chi connectivity index (χ4v) is 3.24. The summed E-state index contributed by atoms with van der Waals surface area (Å²) in [6.07, 6.45) is 6.41. The summed E-state index contributed by atoms with van der Waals surface area (Å²) < 4.78 is 5.66. The summed E-state index contributed by atoms with van der Waals surface area (Å²) in [5.74, 6) is 2.28. The SMILES string of the molecule is O=C(CCC1COc2ccccc21)C1CCCC1. The van der Waals surface area contributed by atoms with Crippen molar-refractivity contribution in [2.75, 3.05) is 6.61 Å². The van der Waals surface area contributed by atoms with Gasteiger partial charge in [-0.15, -0.1) is 0 Å². The van der Waals surface area contributed by atoms with E-state index in [1.807, 2.05) is 12.1 Å². The fraction of sp³-hybridized carbons (Fsp3) is 0.562. The Bertz CT molecular complexity index is 432. The molecule has 1 aliphatic heterocycles. The molecule has 1 aromatic rings. The maximum absolute atomic E-state index is 12.1. The lowest BCUT2D eigenvalue weighted by molar-refractivity contribution is -0.122. The number of ketones is 1. The molecule has 18 heavy (non-hydrogen) atoms. The van der Waals surface area contributed by atoms with Crippen LogP contribution in [-0.2, 0) is 4.79 Å². The average Bonchev–Trinajstić information content (AvgIpc) is 3.06. The molecule has 1 fully saturated rings. The highest BCUT2D eigenvalue weighted by atomic mass is 16.5. The molecule has 1 atom stereocenters. The Labute approximate surface area is 108 Å². The first-order chi connectivity index (χ1) is 8.84. The second-order valence-corrected chi connectivity index (χ2v) is 5.53. The van der Waals surface area contributed by atoms with E-state index in [1.54, 1.807) is 0 Å². The van der Waals surface area contributed by atoms with Crippen LogP contribution in [0.2, 0.25) is 0 Å². The number of ether oxygens (including phenoxy) is 1. The molecule has 1 saturated carbocycles. The van der Waals surface area contributed by atoms with Crippen LogP contribution in [0, 0.1) is 5.92 Å². The largest absolute Gasteiger partial charge is 0.493 e. The van der Waals surface area contributed by atoms with E-state index in [2.05, 4.69) is 12.1 Å². The predicted octanol–water partition coefficient (Wildman–Crippen LogP) is 3.70. The van der Waals surface area contributed by atoms with E-state index in [0.29, 0.717) is 17.6 Å². The smallest absolute Gasteiger partial charge is 0.136 e. The molecule has 1 heterocycles. The molecule has 2 nitrogen and oxygen atoms in total. The summed E-state index contributed by atoms with van der Waals surface area (Å²) in [7, 11) is 0. The zero-order chi connectivity index (χ0) is 12.4. The molecule has 2 heteroatoms. The van der Waals surface area contributed by atoms with Gasteiger partial charge in [-0.3, -0.25) is 4.79 Å². The minimum absolute atomic E-state index is 0.363. The van der Waals surface area contributed by atoms with E-state index in [9.17, 15) is 4.79 Å². The van der Waals surface area contributed by atoms with Gasteiger partial charge in [-0.25, -0.2) is 0 Å². The maximum Gasteiger partial charge on any atom is 0.136 e. The number of benzene rings is 1. The molecule has 0 amide bonds. The third-order valence-electron chi connectivity index (χ3n) is 4.35. The quantitative estimate of drug-likeness (QED) is 0.807. The summed E-state index contributed by atoms with van der Waals surface area (Å²) in [5.41, 5.74) is 1.29. The fourth-order valence-electron chi connectivity index (χ4n) is 3.24. The van der Waals surface area contributed by atoms with E-state index in [-0.39, 0.29) is 0 Å². The number of rotatable bonds is 4. The van der Waals surface area contributed by atoms with Crippen LogP contribution in [0.1, 0.15) is 50.0 Å². The highest BCUT2D eigenvalue weighted by Crippen LogP contribution is 2.37. The van der Waals surface area contributed by atoms with Gasteiger partial charge in [-0.05, 0) is 25.3 Å². The number of hydrogen-bond donors (Lipinski definition) is 0. The van der Waals surface area contributed by atoms with Crippen molar-refractivity contribution >= 4 is 5.78 Å². The van der Waals surface area contributed by atoms with Crippen molar-refractivity contribution in [2.45, 2.75) is 44.4 Å². The van der Waals surface area contributed by atoms with E-state index in [1.165, 1.54) is 18.4 Å². The average molecular weight is 244 g/mol. The number of fused-ring (bicyclic) bond motifs is 1. The van der Waals surface area contributed by atoms with Crippen molar-refractivity contribution in [3.8, 4) is 5.75 Å². The lowest BCUT2D eigenvalue weighted by Crippen LogP contribution is -2.12. The standard InChI is InChI=1S/C16H20O2/c17-15(12-5-1-2-6-12)10-9-13-11-18-16-8-4-3-7-14(13)16/h3-4,7-8,12-13H,1-2,5-6,9-11H2. The van der Waals surface area contributed by atoms with Crippen LogP contribution < -0.4 is 4.74 Å². The van der Waals surface area contributed by atoms with Gasteiger partial charge in [0.2, 0.25) is 0 Å². The molecule has 0 aromatic heterocycles. The molecule has 0 bridgehead atoms. The summed E-state index contributed by atoms with van der Waals surface area (Å²) in [6.45, 7) is 0.747. The van der Waals surface area contributed by atoms with Gasteiger partial charge in [-0.1, -0.05) is 31.0 Å². The number of hydrogen-bond acceptors (Lipinski definition) is 2. The molecular weight excluding hydrogens is 224 g/mol. The molecule has 1 unspecified atom stereocenters. The third kappa shape index (κ3) is 2.29. The summed E-state index contributed by atoms with van der Waals surface area (Å²) in [4.78, 5) is 12.1. The Hall–Kier alpha value is -1.31. The van der Waals surface area contributed by atoms with Gasteiger partial charge in [0.1, 0.15) is 11.5 Å². The van der Waals surface area contributed by atoms with Crippen molar-refractivity contribution in [1.82, 2.24) is 0 Å². The second-order valence-electron chi connectivity index (χ2n) is 5.53. The zero-order valence-electron chi connectivity index (χ0n) is 10.7. The molecule has 0 radical (unpaired) electrons. The van der Waals surface area contributed by atoms with Crippen LogP contribution >= 0.6 is 0 Å². The third-order valence-corrected chi connectivity index (χ3v) is 4.35. The van der Waals surface area contributed by atoms with Crippen molar-refractivity contribution in [3.63, 3.8) is 0 Å². The van der Waals surface area contributed by atoms with Crippen molar-refractivity contribution in [2.24, 2.45) is 5.92 Å². The summed E-state index contributed by atoms with van der Waals surface area (Å²) >= 11 is 0. The molecular formula is C16H20O2. The first kappa shape index (κ1) is 11.8. The first-order valence-corrected chi connectivity index (χ1v) is 7.09. The number of para-hydroxylation sites is 1. The van der Waals surface area contributed by atoms with E-state index in [0.717, 1.165) is 38.0 Å². The lowest BCUT2D eigenvalue weighted by Gasteiger charge is -2.11. The molecule has 0 saturated heterocycles.